The molecule has 234 valence electrons. The van der Waals surface area contributed by atoms with E-state index in [9.17, 15) is 4.79 Å². The third-order valence-electron chi connectivity index (χ3n) is 7.35. The van der Waals surface area contributed by atoms with Gasteiger partial charge in [-0.05, 0) is 56.2 Å². The molecule has 1 aliphatic rings. The summed E-state index contributed by atoms with van der Waals surface area (Å²) in [5.41, 5.74) is 2.47. The topological polar surface area (TPSA) is 78.7 Å². The molecule has 6 rings (SSSR count). The Bertz CT molecular complexity index is 1920. The normalized spacial score (nSPS) is 13.8. The van der Waals surface area contributed by atoms with Crippen LogP contribution in [-0.2, 0) is 25.0 Å². The predicted molar refractivity (Wildman–Crippen MR) is 174 cm³/mol. The minimum absolute atomic E-state index is 0.128. The summed E-state index contributed by atoms with van der Waals surface area (Å²) in [6, 6.07) is 29.1. The van der Waals surface area contributed by atoms with Crippen molar-refractivity contribution in [1.82, 2.24) is 19.7 Å². The zero-order valence-electron chi connectivity index (χ0n) is 26.3. The van der Waals surface area contributed by atoms with Gasteiger partial charge in [0.25, 0.3) is 0 Å². The van der Waals surface area contributed by atoms with Crippen LogP contribution in [0.1, 0.15) is 37.5 Å². The lowest BCUT2D eigenvalue weighted by Gasteiger charge is -2.41. The van der Waals surface area contributed by atoms with Crippen molar-refractivity contribution in [1.29, 1.82) is 0 Å². The maximum atomic E-state index is 15.2. The molecule has 0 unspecified atom stereocenters. The molecule has 9 heteroatoms. The minimum atomic E-state index is -1.79. The van der Waals surface area contributed by atoms with Crippen molar-refractivity contribution in [2.45, 2.75) is 45.3 Å². The molecule has 3 heterocycles. The van der Waals surface area contributed by atoms with E-state index in [-0.39, 0.29) is 13.1 Å². The fraction of sp³-hybridized carbons (Fsp3) is 0.270. The maximum Gasteiger partial charge on any atom is 0.410 e. The highest BCUT2D eigenvalue weighted by Gasteiger charge is 2.46. The summed E-state index contributed by atoms with van der Waals surface area (Å²) in [5, 5.41) is 5.68. The van der Waals surface area contributed by atoms with Gasteiger partial charge in [0.05, 0.1) is 24.2 Å². The molecule has 3 aromatic carbocycles. The number of hydrogen-bond donors (Lipinski definition) is 0. The van der Waals surface area contributed by atoms with E-state index in [1.807, 2.05) is 98.0 Å². The van der Waals surface area contributed by atoms with Gasteiger partial charge in [0, 0.05) is 24.1 Å². The Morgan fingerprint density at radius 1 is 0.913 bits per heavy atom. The SMILES string of the molecule is Cn1nc(-c2ccc(OCc3ccccc3)nc2OCc2ccccc2)c2ccc(C#CC3(F)CN(C(=O)OC(C)(C)C)C3)cc21. The molecule has 2 aromatic heterocycles. The molecule has 0 saturated carbocycles. The summed E-state index contributed by atoms with van der Waals surface area (Å²) >= 11 is 0. The Morgan fingerprint density at radius 2 is 1.57 bits per heavy atom. The number of amides is 1. The molecule has 0 atom stereocenters. The molecule has 1 saturated heterocycles. The highest BCUT2D eigenvalue weighted by Crippen LogP contribution is 2.35. The molecule has 0 aliphatic carbocycles. The first-order valence-electron chi connectivity index (χ1n) is 15.1. The molecule has 1 amide bonds. The molecule has 0 bridgehead atoms. The number of nitrogens with zero attached hydrogens (tertiary/aromatic N) is 4. The fourth-order valence-electron chi connectivity index (χ4n) is 5.06. The van der Waals surface area contributed by atoms with Gasteiger partial charge in [0.15, 0.2) is 0 Å². The zero-order chi connectivity index (χ0) is 32.3. The summed E-state index contributed by atoms with van der Waals surface area (Å²) in [5.74, 6) is 6.50. The van der Waals surface area contributed by atoms with Crippen molar-refractivity contribution >= 4 is 17.0 Å². The summed E-state index contributed by atoms with van der Waals surface area (Å²) in [7, 11) is 1.85. The number of ether oxygens (including phenoxy) is 3. The van der Waals surface area contributed by atoms with Gasteiger partial charge in [-0.25, -0.2) is 9.18 Å². The zero-order valence-corrected chi connectivity index (χ0v) is 26.3. The Hall–Kier alpha value is -5.36. The number of hydrogen-bond acceptors (Lipinski definition) is 6. The fourth-order valence-corrected chi connectivity index (χ4v) is 5.06. The second-order valence-corrected chi connectivity index (χ2v) is 12.3. The van der Waals surface area contributed by atoms with Crippen LogP contribution in [0.3, 0.4) is 0 Å². The number of benzene rings is 3. The van der Waals surface area contributed by atoms with Crippen LogP contribution in [0.5, 0.6) is 11.8 Å². The number of alkyl halides is 1. The highest BCUT2D eigenvalue weighted by atomic mass is 19.1. The van der Waals surface area contributed by atoms with Crippen molar-refractivity contribution in [3.8, 4) is 34.9 Å². The van der Waals surface area contributed by atoms with Gasteiger partial charge in [0.2, 0.25) is 17.4 Å². The lowest BCUT2D eigenvalue weighted by Crippen LogP contribution is -2.61. The van der Waals surface area contributed by atoms with Gasteiger partial charge in [-0.3, -0.25) is 9.58 Å². The van der Waals surface area contributed by atoms with Gasteiger partial charge in [0.1, 0.15) is 24.5 Å². The van der Waals surface area contributed by atoms with Crippen molar-refractivity contribution < 1.29 is 23.4 Å². The Morgan fingerprint density at radius 3 is 2.22 bits per heavy atom. The van der Waals surface area contributed by atoms with Crippen LogP contribution in [0, 0.1) is 11.8 Å². The Kier molecular flexibility index (Phi) is 8.37. The molecule has 46 heavy (non-hydrogen) atoms. The smallest absolute Gasteiger partial charge is 0.410 e. The van der Waals surface area contributed by atoms with E-state index < -0.39 is 17.4 Å². The first kappa shape index (κ1) is 30.7. The Balaban J connectivity index is 1.24. The molecule has 0 spiro atoms. The predicted octanol–water partition coefficient (Wildman–Crippen LogP) is 7.10. The number of likely N-dealkylation sites (tertiary alicyclic amines) is 1. The number of carbonyl (C=O) groups is 1. The van der Waals surface area contributed by atoms with E-state index in [4.69, 9.17) is 24.3 Å². The van der Waals surface area contributed by atoms with Crippen molar-refractivity contribution in [2.75, 3.05) is 13.1 Å². The van der Waals surface area contributed by atoms with Crippen LogP contribution in [0.25, 0.3) is 22.2 Å². The van der Waals surface area contributed by atoms with E-state index in [0.717, 1.165) is 22.0 Å². The third kappa shape index (κ3) is 7.13. The van der Waals surface area contributed by atoms with Crippen LogP contribution in [0.15, 0.2) is 91.0 Å². The molecule has 0 N–H and O–H groups in total. The molecule has 0 radical (unpaired) electrons. The van der Waals surface area contributed by atoms with Crippen molar-refractivity contribution in [3.05, 3.63) is 108 Å². The molecule has 5 aromatic rings. The van der Waals surface area contributed by atoms with Crippen LogP contribution >= 0.6 is 0 Å². The number of aryl methyl sites for hydroxylation is 1. The molecule has 8 nitrogen and oxygen atoms in total. The van der Waals surface area contributed by atoms with Gasteiger partial charge in [-0.1, -0.05) is 72.5 Å². The molecule has 1 aliphatic heterocycles. The summed E-state index contributed by atoms with van der Waals surface area (Å²) in [6.45, 7) is 5.77. The standard InChI is InChI=1S/C37H35FN4O4/c1-36(2,3)46-35(43)42-24-37(38,25-42)20-19-26-15-16-29-31(21-26)41(4)40-33(29)30-17-18-32(44-22-27-11-7-5-8-12-27)39-34(30)45-23-28-13-9-6-10-14-28/h5-18,21H,22-25H2,1-4H3. The van der Waals surface area contributed by atoms with Crippen LogP contribution in [-0.4, -0.2) is 50.1 Å². The van der Waals surface area contributed by atoms with E-state index >= 15 is 4.39 Å². The van der Waals surface area contributed by atoms with Gasteiger partial charge >= 0.3 is 6.09 Å². The average Bonchev–Trinajstić information content (AvgIpc) is 3.35. The average molecular weight is 619 g/mol. The molecule has 1 fully saturated rings. The van der Waals surface area contributed by atoms with Crippen molar-refractivity contribution in [2.24, 2.45) is 7.05 Å². The Labute approximate surface area is 267 Å². The number of aromatic nitrogens is 3. The van der Waals surface area contributed by atoms with Gasteiger partial charge < -0.3 is 14.2 Å². The largest absolute Gasteiger partial charge is 0.473 e. The lowest BCUT2D eigenvalue weighted by molar-refractivity contribution is -0.0271. The third-order valence-corrected chi connectivity index (χ3v) is 7.35. The summed E-state index contributed by atoms with van der Waals surface area (Å²) in [4.78, 5) is 18.3. The van der Waals surface area contributed by atoms with Crippen LogP contribution in [0.2, 0.25) is 0 Å². The lowest BCUT2D eigenvalue weighted by atomic mass is 9.97. The maximum absolute atomic E-state index is 15.2. The van der Waals surface area contributed by atoms with E-state index in [1.165, 1.54) is 4.90 Å². The quantitative estimate of drug-likeness (QED) is 0.181. The first-order chi connectivity index (χ1) is 22.1. The van der Waals surface area contributed by atoms with Gasteiger partial charge in [-0.15, -0.1) is 0 Å². The minimum Gasteiger partial charge on any atom is -0.473 e. The number of rotatable bonds is 7. The number of halogens is 1. The number of fused-ring (bicyclic) bond motifs is 1. The van der Waals surface area contributed by atoms with Crippen molar-refractivity contribution in [3.63, 3.8) is 0 Å². The van der Waals surface area contributed by atoms with Gasteiger partial charge in [-0.2, -0.15) is 10.1 Å². The molecular weight excluding hydrogens is 583 g/mol. The van der Waals surface area contributed by atoms with E-state index in [1.54, 1.807) is 25.5 Å². The van der Waals surface area contributed by atoms with E-state index in [2.05, 4.69) is 11.8 Å². The molecular formula is C37H35FN4O4. The van der Waals surface area contributed by atoms with E-state index in [0.29, 0.717) is 41.8 Å². The number of pyridine rings is 1. The van der Waals surface area contributed by atoms with Crippen LogP contribution in [0.4, 0.5) is 9.18 Å². The number of carbonyl (C=O) groups excluding carboxylic acids is 1. The first-order valence-corrected chi connectivity index (χ1v) is 15.1. The monoisotopic (exact) mass is 618 g/mol. The summed E-state index contributed by atoms with van der Waals surface area (Å²) < 4.78 is 34.5. The van der Waals surface area contributed by atoms with Crippen LogP contribution < -0.4 is 9.47 Å². The second kappa shape index (κ2) is 12.6. The summed E-state index contributed by atoms with van der Waals surface area (Å²) in [6.07, 6.45) is -0.538. The highest BCUT2D eigenvalue weighted by molar-refractivity contribution is 5.95. The second-order valence-electron chi connectivity index (χ2n) is 12.3.